The smallest absolute Gasteiger partial charge is 0.406 e. The number of hydrogen-bond acceptors (Lipinski definition) is 6. The van der Waals surface area contributed by atoms with Gasteiger partial charge in [-0.05, 0) is 68.5 Å². The fourth-order valence-electron chi connectivity index (χ4n) is 5.76. The van der Waals surface area contributed by atoms with E-state index in [-0.39, 0.29) is 31.8 Å². The third kappa shape index (κ3) is 4.14. The summed E-state index contributed by atoms with van der Waals surface area (Å²) in [7, 11) is 1.64. The first-order valence-electron chi connectivity index (χ1n) is 12.5. The summed E-state index contributed by atoms with van der Waals surface area (Å²) in [5.41, 5.74) is 0.685. The molecule has 0 amide bonds. The number of methoxy groups -OCH3 is 1. The predicted octanol–water partition coefficient (Wildman–Crippen LogP) is 5.43. The summed E-state index contributed by atoms with van der Waals surface area (Å²) in [6.45, 7) is 3.73. The second-order valence-electron chi connectivity index (χ2n) is 10.2. The van der Waals surface area contributed by atoms with Crippen molar-refractivity contribution >= 4 is 17.4 Å². The van der Waals surface area contributed by atoms with Crippen LogP contribution in [0.25, 0.3) is 5.69 Å². The second-order valence-corrected chi connectivity index (χ2v) is 10.6. The number of fused-ring (bicyclic) bond motifs is 3. The molecule has 11 heteroatoms. The number of aryl methyl sites for hydroxylation is 1. The van der Waals surface area contributed by atoms with Gasteiger partial charge in [-0.25, -0.2) is 4.98 Å². The van der Waals surface area contributed by atoms with Gasteiger partial charge in [0.05, 0.1) is 19.3 Å². The van der Waals surface area contributed by atoms with E-state index in [0.29, 0.717) is 10.8 Å². The Kier molecular flexibility index (Phi) is 5.87. The van der Waals surface area contributed by atoms with Gasteiger partial charge < -0.3 is 9.64 Å². The van der Waals surface area contributed by atoms with E-state index < -0.39 is 11.7 Å². The van der Waals surface area contributed by atoms with Crippen LogP contribution in [0.4, 0.5) is 19.0 Å². The van der Waals surface area contributed by atoms with Crippen molar-refractivity contribution < 1.29 is 17.9 Å². The summed E-state index contributed by atoms with van der Waals surface area (Å²) < 4.78 is 49.7. The normalized spacial score (nSPS) is 19.8. The molecule has 3 aromatic rings. The lowest BCUT2D eigenvalue weighted by atomic mass is 9.95. The van der Waals surface area contributed by atoms with Gasteiger partial charge in [-0.3, -0.25) is 9.47 Å². The molecule has 2 aliphatic heterocycles. The Bertz CT molecular complexity index is 1330. The van der Waals surface area contributed by atoms with E-state index in [0.717, 1.165) is 60.3 Å². The molecule has 0 N–H and O–H groups in total. The number of piperidine rings is 1. The maximum absolute atomic E-state index is 14.1. The molecule has 37 heavy (non-hydrogen) atoms. The summed E-state index contributed by atoms with van der Waals surface area (Å²) >= 11 is 6.29. The van der Waals surface area contributed by atoms with Gasteiger partial charge in [-0.2, -0.15) is 13.2 Å². The number of benzene rings is 1. The van der Waals surface area contributed by atoms with Gasteiger partial charge >= 0.3 is 6.18 Å². The van der Waals surface area contributed by atoms with E-state index in [4.69, 9.17) is 21.3 Å². The monoisotopic (exact) mass is 532 g/mol. The summed E-state index contributed by atoms with van der Waals surface area (Å²) in [5, 5.41) is 9.47. The third-order valence-electron chi connectivity index (χ3n) is 7.95. The highest BCUT2D eigenvalue weighted by Gasteiger charge is 2.66. The van der Waals surface area contributed by atoms with Gasteiger partial charge in [0.25, 0.3) is 0 Å². The average molecular weight is 533 g/mol. The van der Waals surface area contributed by atoms with Crippen molar-refractivity contribution in [2.45, 2.75) is 63.3 Å². The minimum atomic E-state index is -4.30. The molecule has 1 aliphatic carbocycles. The Morgan fingerprint density at radius 1 is 1.05 bits per heavy atom. The van der Waals surface area contributed by atoms with Crippen LogP contribution in [0.2, 0.25) is 5.02 Å². The highest BCUT2D eigenvalue weighted by molar-refractivity contribution is 6.30. The van der Waals surface area contributed by atoms with Crippen LogP contribution in [0.3, 0.4) is 0 Å². The Hall–Kier alpha value is -2.85. The van der Waals surface area contributed by atoms with E-state index in [9.17, 15) is 13.2 Å². The van der Waals surface area contributed by atoms with Crippen LogP contribution < -0.4 is 9.64 Å². The lowest BCUT2D eigenvalue weighted by Crippen LogP contribution is -2.47. The number of hydrogen-bond donors (Lipinski definition) is 0. The number of ether oxygens (including phenoxy) is 1. The molecule has 6 rings (SSSR count). The van der Waals surface area contributed by atoms with Gasteiger partial charge in [0.1, 0.15) is 11.4 Å². The molecule has 4 heterocycles. The van der Waals surface area contributed by atoms with E-state index in [1.165, 1.54) is 4.90 Å². The Morgan fingerprint density at radius 2 is 1.81 bits per heavy atom. The Balaban J connectivity index is 1.32. The molecule has 0 atom stereocenters. The molecule has 0 spiro atoms. The summed E-state index contributed by atoms with van der Waals surface area (Å²) in [4.78, 5) is 8.42. The topological polar surface area (TPSA) is 59.3 Å². The maximum atomic E-state index is 14.1. The maximum Gasteiger partial charge on any atom is 0.406 e. The van der Waals surface area contributed by atoms with Crippen LogP contribution in [-0.2, 0) is 13.1 Å². The fraction of sp³-hybridized carbons (Fsp3) is 0.500. The zero-order valence-electron chi connectivity index (χ0n) is 20.7. The zero-order valence-corrected chi connectivity index (χ0v) is 21.5. The first-order valence-corrected chi connectivity index (χ1v) is 12.9. The number of aromatic nitrogens is 4. The largest absolute Gasteiger partial charge is 0.493 e. The lowest BCUT2D eigenvalue weighted by molar-refractivity contribution is -0.200. The van der Waals surface area contributed by atoms with Crippen LogP contribution >= 0.6 is 11.6 Å². The van der Waals surface area contributed by atoms with E-state index in [1.807, 2.05) is 29.7 Å². The minimum Gasteiger partial charge on any atom is -0.493 e. The number of alkyl halides is 3. The molecule has 1 saturated heterocycles. The molecule has 0 unspecified atom stereocenters. The van der Waals surface area contributed by atoms with Crippen molar-refractivity contribution in [3.05, 3.63) is 58.3 Å². The molecular weight excluding hydrogens is 505 g/mol. The number of halogens is 4. The molecule has 2 fully saturated rings. The van der Waals surface area contributed by atoms with Crippen molar-refractivity contribution in [3.8, 4) is 11.4 Å². The Morgan fingerprint density at radius 3 is 2.49 bits per heavy atom. The van der Waals surface area contributed by atoms with Crippen molar-refractivity contribution in [2.24, 2.45) is 0 Å². The van der Waals surface area contributed by atoms with E-state index >= 15 is 0 Å². The van der Waals surface area contributed by atoms with Gasteiger partial charge in [0.15, 0.2) is 17.4 Å². The van der Waals surface area contributed by atoms with Crippen molar-refractivity contribution in [2.75, 3.05) is 25.1 Å². The highest BCUT2D eigenvalue weighted by atomic mass is 35.5. The van der Waals surface area contributed by atoms with Crippen molar-refractivity contribution in [1.82, 2.24) is 24.6 Å². The molecule has 1 aromatic carbocycles. The predicted molar refractivity (Wildman–Crippen MR) is 133 cm³/mol. The average Bonchev–Trinajstić information content (AvgIpc) is 3.62. The summed E-state index contributed by atoms with van der Waals surface area (Å²) in [6.07, 6.45) is -2.47. The first kappa shape index (κ1) is 24.5. The quantitative estimate of drug-likeness (QED) is 0.447. The molecule has 0 bridgehead atoms. The van der Waals surface area contributed by atoms with Gasteiger partial charge in [0.2, 0.25) is 0 Å². The fourth-order valence-corrected chi connectivity index (χ4v) is 5.95. The molecule has 1 saturated carbocycles. The Labute approximate surface area is 218 Å². The van der Waals surface area contributed by atoms with Crippen LogP contribution in [0.1, 0.15) is 54.5 Å². The van der Waals surface area contributed by atoms with Crippen molar-refractivity contribution in [3.63, 3.8) is 0 Å². The summed E-state index contributed by atoms with van der Waals surface area (Å²) in [5.74, 6) is 3.02. The number of pyridine rings is 1. The highest BCUT2D eigenvalue weighted by Crippen LogP contribution is 2.55. The van der Waals surface area contributed by atoms with Crippen LogP contribution in [0, 0.1) is 6.92 Å². The molecule has 3 aliphatic rings. The minimum absolute atomic E-state index is 0.0854. The molecule has 196 valence electrons. The van der Waals surface area contributed by atoms with E-state index in [2.05, 4.69) is 15.1 Å². The molecular formula is C26H28ClF3N6O. The van der Waals surface area contributed by atoms with Crippen LogP contribution in [0.5, 0.6) is 5.75 Å². The second kappa shape index (κ2) is 8.87. The number of anilines is 1. The lowest BCUT2D eigenvalue weighted by Gasteiger charge is -2.33. The zero-order chi connectivity index (χ0) is 25.9. The van der Waals surface area contributed by atoms with Crippen LogP contribution in [-0.4, -0.2) is 56.6 Å². The third-order valence-corrected chi connectivity index (χ3v) is 8.18. The van der Waals surface area contributed by atoms with Gasteiger partial charge in [0, 0.05) is 36.3 Å². The van der Waals surface area contributed by atoms with E-state index in [1.54, 1.807) is 19.2 Å². The van der Waals surface area contributed by atoms with Gasteiger partial charge in [-0.15, -0.1) is 10.2 Å². The summed E-state index contributed by atoms with van der Waals surface area (Å²) in [6, 6.07) is 9.29. The SMILES string of the molecule is COc1ccc(C)nc1N1CCC(c2nnc3n2-c2ccc(Cl)cc2CN(C2(C(F)(F)F)CC2)C3)CC1. The van der Waals surface area contributed by atoms with Gasteiger partial charge in [-0.1, -0.05) is 11.6 Å². The number of rotatable bonds is 4. The van der Waals surface area contributed by atoms with Crippen LogP contribution in [0.15, 0.2) is 30.3 Å². The molecule has 2 aromatic heterocycles. The molecule has 7 nitrogen and oxygen atoms in total. The molecule has 0 radical (unpaired) electrons. The standard InChI is InChI=1S/C26H28ClF3N6O/c1-16-3-6-21(37-2)24(31-16)34-11-7-17(8-12-34)23-33-32-22-15-35(25(9-10-25)26(28,29)30)14-18-13-19(27)4-5-20(18)36(22)23/h3-6,13,17H,7-12,14-15H2,1-2H3. The first-order chi connectivity index (χ1) is 17.7. The number of nitrogens with zero attached hydrogens (tertiary/aromatic N) is 6. The van der Waals surface area contributed by atoms with Crippen molar-refractivity contribution in [1.29, 1.82) is 0 Å².